The first-order valence-corrected chi connectivity index (χ1v) is 7.12. The molecule has 2 heterocycles. The van der Waals surface area contributed by atoms with Crippen LogP contribution in [0.5, 0.6) is 0 Å². The lowest BCUT2D eigenvalue weighted by Crippen LogP contribution is -2.45. The standard InChI is InChI=1S/C13H20N2O2S/c1-13(2,11-4-3-7-18-11)15-12(16)10-6-5-9(8-14)17-10/h3-4,7,9-10H,5-6,8,14H2,1-2H3,(H,15,16)/t9-,10+/m1/s1. The van der Waals surface area contributed by atoms with E-state index >= 15 is 0 Å². The first-order valence-electron chi connectivity index (χ1n) is 6.24. The summed E-state index contributed by atoms with van der Waals surface area (Å²) in [6, 6.07) is 4.02. The molecule has 1 saturated heterocycles. The van der Waals surface area contributed by atoms with E-state index < -0.39 is 0 Å². The fourth-order valence-corrected chi connectivity index (χ4v) is 2.96. The van der Waals surface area contributed by atoms with Crippen LogP contribution < -0.4 is 11.1 Å². The van der Waals surface area contributed by atoms with Gasteiger partial charge in [0.25, 0.3) is 0 Å². The highest BCUT2D eigenvalue weighted by molar-refractivity contribution is 7.10. The Bertz CT molecular complexity index is 403. The molecule has 0 aromatic carbocycles. The summed E-state index contributed by atoms with van der Waals surface area (Å²) in [6.45, 7) is 4.50. The van der Waals surface area contributed by atoms with Gasteiger partial charge in [-0.3, -0.25) is 4.79 Å². The second-order valence-corrected chi connectivity index (χ2v) is 6.10. The van der Waals surface area contributed by atoms with Gasteiger partial charge in [0, 0.05) is 11.4 Å². The fraction of sp³-hybridized carbons (Fsp3) is 0.615. The number of carbonyl (C=O) groups excluding carboxylic acids is 1. The van der Waals surface area contributed by atoms with Crippen molar-refractivity contribution in [1.82, 2.24) is 5.32 Å². The van der Waals surface area contributed by atoms with Crippen LogP contribution in [0.25, 0.3) is 0 Å². The molecule has 4 nitrogen and oxygen atoms in total. The molecule has 3 N–H and O–H groups in total. The Morgan fingerprint density at radius 3 is 2.94 bits per heavy atom. The maximum absolute atomic E-state index is 12.1. The number of hydrogen-bond donors (Lipinski definition) is 2. The van der Waals surface area contributed by atoms with E-state index in [0.29, 0.717) is 6.54 Å². The minimum atomic E-state index is -0.352. The van der Waals surface area contributed by atoms with Crippen molar-refractivity contribution in [2.45, 2.75) is 44.4 Å². The monoisotopic (exact) mass is 268 g/mol. The molecule has 0 spiro atoms. The molecule has 1 amide bonds. The van der Waals surface area contributed by atoms with E-state index in [1.807, 2.05) is 31.4 Å². The van der Waals surface area contributed by atoms with Gasteiger partial charge in [0.2, 0.25) is 5.91 Å². The van der Waals surface area contributed by atoms with E-state index in [-0.39, 0.29) is 23.7 Å². The summed E-state index contributed by atoms with van der Waals surface area (Å²) in [5, 5.41) is 5.06. The van der Waals surface area contributed by atoms with Crippen LogP contribution in [0.4, 0.5) is 0 Å². The molecule has 18 heavy (non-hydrogen) atoms. The number of nitrogens with two attached hydrogens (primary N) is 1. The van der Waals surface area contributed by atoms with Crippen LogP contribution in [0.1, 0.15) is 31.6 Å². The van der Waals surface area contributed by atoms with Gasteiger partial charge in [-0.15, -0.1) is 11.3 Å². The Labute approximate surface area is 112 Å². The molecule has 0 radical (unpaired) electrons. The lowest BCUT2D eigenvalue weighted by molar-refractivity contribution is -0.133. The molecular weight excluding hydrogens is 248 g/mol. The van der Waals surface area contributed by atoms with Gasteiger partial charge in [0.1, 0.15) is 6.10 Å². The number of thiophene rings is 1. The van der Waals surface area contributed by atoms with Crippen molar-refractivity contribution < 1.29 is 9.53 Å². The summed E-state index contributed by atoms with van der Waals surface area (Å²) in [7, 11) is 0. The summed E-state index contributed by atoms with van der Waals surface area (Å²) < 4.78 is 5.60. The van der Waals surface area contributed by atoms with Crippen molar-refractivity contribution in [1.29, 1.82) is 0 Å². The number of ether oxygens (including phenoxy) is 1. The van der Waals surface area contributed by atoms with Crippen molar-refractivity contribution in [3.05, 3.63) is 22.4 Å². The molecular formula is C13H20N2O2S. The highest BCUT2D eigenvalue weighted by atomic mass is 32.1. The maximum Gasteiger partial charge on any atom is 0.249 e. The number of amides is 1. The SMILES string of the molecule is CC(C)(NC(=O)[C@@H]1CC[C@H](CN)O1)c1cccs1. The van der Waals surface area contributed by atoms with Gasteiger partial charge in [-0.1, -0.05) is 6.07 Å². The van der Waals surface area contributed by atoms with E-state index in [9.17, 15) is 4.79 Å². The van der Waals surface area contributed by atoms with Crippen LogP contribution in [0.3, 0.4) is 0 Å². The van der Waals surface area contributed by atoms with Crippen LogP contribution in [0, 0.1) is 0 Å². The third-order valence-electron chi connectivity index (χ3n) is 3.24. The Morgan fingerprint density at radius 2 is 2.39 bits per heavy atom. The zero-order chi connectivity index (χ0) is 13.2. The molecule has 1 aliphatic heterocycles. The lowest BCUT2D eigenvalue weighted by atomic mass is 10.0. The molecule has 1 aromatic rings. The van der Waals surface area contributed by atoms with Gasteiger partial charge in [-0.2, -0.15) is 0 Å². The topological polar surface area (TPSA) is 64.4 Å². The first-order chi connectivity index (χ1) is 8.53. The molecule has 2 rings (SSSR count). The highest BCUT2D eigenvalue weighted by Crippen LogP contribution is 2.26. The molecule has 1 aliphatic rings. The van der Waals surface area contributed by atoms with Gasteiger partial charge >= 0.3 is 0 Å². The third kappa shape index (κ3) is 2.91. The average molecular weight is 268 g/mol. The molecule has 0 aliphatic carbocycles. The average Bonchev–Trinajstić information content (AvgIpc) is 3.00. The lowest BCUT2D eigenvalue weighted by Gasteiger charge is -2.26. The zero-order valence-electron chi connectivity index (χ0n) is 10.8. The van der Waals surface area contributed by atoms with Crippen molar-refractivity contribution in [2.24, 2.45) is 5.73 Å². The second-order valence-electron chi connectivity index (χ2n) is 5.15. The molecule has 1 aromatic heterocycles. The van der Waals surface area contributed by atoms with E-state index in [4.69, 9.17) is 10.5 Å². The van der Waals surface area contributed by atoms with Gasteiger partial charge in [-0.25, -0.2) is 0 Å². The number of nitrogens with one attached hydrogen (secondary N) is 1. The third-order valence-corrected chi connectivity index (χ3v) is 4.43. The Balaban J connectivity index is 1.95. The number of hydrogen-bond acceptors (Lipinski definition) is 4. The molecule has 1 fully saturated rings. The Morgan fingerprint density at radius 1 is 1.61 bits per heavy atom. The van der Waals surface area contributed by atoms with Crippen LogP contribution in [-0.2, 0) is 15.1 Å². The summed E-state index contributed by atoms with van der Waals surface area (Å²) in [5.74, 6) is -0.0376. The maximum atomic E-state index is 12.1. The molecule has 0 saturated carbocycles. The first kappa shape index (κ1) is 13.5. The van der Waals surface area contributed by atoms with Crippen molar-refractivity contribution >= 4 is 17.2 Å². The van der Waals surface area contributed by atoms with Crippen molar-refractivity contribution in [3.63, 3.8) is 0 Å². The summed E-state index contributed by atoms with van der Waals surface area (Å²) >= 11 is 1.64. The van der Waals surface area contributed by atoms with Crippen molar-refractivity contribution in [2.75, 3.05) is 6.54 Å². The molecule has 100 valence electrons. The highest BCUT2D eigenvalue weighted by Gasteiger charge is 2.33. The largest absolute Gasteiger partial charge is 0.364 e. The van der Waals surface area contributed by atoms with Crippen LogP contribution in [0.15, 0.2) is 17.5 Å². The van der Waals surface area contributed by atoms with E-state index in [0.717, 1.165) is 17.7 Å². The Kier molecular flexibility index (Phi) is 4.04. The van der Waals surface area contributed by atoms with E-state index in [1.54, 1.807) is 11.3 Å². The minimum Gasteiger partial charge on any atom is -0.364 e. The van der Waals surface area contributed by atoms with Gasteiger partial charge in [0.15, 0.2) is 0 Å². The van der Waals surface area contributed by atoms with E-state index in [1.165, 1.54) is 0 Å². The van der Waals surface area contributed by atoms with Gasteiger partial charge < -0.3 is 15.8 Å². The number of carbonyl (C=O) groups is 1. The normalized spacial score (nSPS) is 24.2. The number of rotatable bonds is 4. The van der Waals surface area contributed by atoms with E-state index in [2.05, 4.69) is 5.32 Å². The Hall–Kier alpha value is -0.910. The summed E-state index contributed by atoms with van der Waals surface area (Å²) in [4.78, 5) is 13.3. The smallest absolute Gasteiger partial charge is 0.249 e. The van der Waals surface area contributed by atoms with Crippen LogP contribution in [-0.4, -0.2) is 24.7 Å². The molecule has 0 bridgehead atoms. The minimum absolute atomic E-state index is 0.0330. The van der Waals surface area contributed by atoms with Crippen molar-refractivity contribution in [3.8, 4) is 0 Å². The fourth-order valence-electron chi connectivity index (χ4n) is 2.16. The van der Waals surface area contributed by atoms with Gasteiger partial charge in [0.05, 0.1) is 11.6 Å². The van der Waals surface area contributed by atoms with Crippen LogP contribution >= 0.6 is 11.3 Å². The summed E-state index contributed by atoms with van der Waals surface area (Å²) in [5.41, 5.74) is 5.19. The zero-order valence-corrected chi connectivity index (χ0v) is 11.6. The van der Waals surface area contributed by atoms with Crippen LogP contribution in [0.2, 0.25) is 0 Å². The molecule has 5 heteroatoms. The predicted octanol–water partition coefficient (Wildman–Crippen LogP) is 1.61. The molecule has 2 atom stereocenters. The quantitative estimate of drug-likeness (QED) is 0.872. The summed E-state index contributed by atoms with van der Waals surface area (Å²) in [6.07, 6.45) is 1.31. The second kappa shape index (κ2) is 5.38. The predicted molar refractivity (Wildman–Crippen MR) is 72.4 cm³/mol. The molecule has 0 unspecified atom stereocenters. The van der Waals surface area contributed by atoms with Gasteiger partial charge in [-0.05, 0) is 38.1 Å².